The summed E-state index contributed by atoms with van der Waals surface area (Å²) >= 11 is 7.69. The smallest absolute Gasteiger partial charge is 0.259 e. The van der Waals surface area contributed by atoms with Crippen LogP contribution in [0.2, 0.25) is 4.34 Å². The third-order valence-electron chi connectivity index (χ3n) is 4.22. The quantitative estimate of drug-likeness (QED) is 0.694. The van der Waals surface area contributed by atoms with Gasteiger partial charge in [-0.3, -0.25) is 9.48 Å². The average Bonchev–Trinajstić information content (AvgIpc) is 3.16. The lowest BCUT2D eigenvalue weighted by Crippen LogP contribution is -2.20. The number of hydrogen-bond acceptors (Lipinski definition) is 4. The third kappa shape index (κ3) is 3.46. The molecule has 0 spiro atoms. The summed E-state index contributed by atoms with van der Waals surface area (Å²) in [4.78, 5) is 12.5. The minimum absolute atomic E-state index is 0.0708. The number of rotatable bonds is 6. The Bertz CT molecular complexity index is 888. The molecule has 0 radical (unpaired) electrons. The minimum Gasteiger partial charge on any atom is -0.365 e. The molecule has 1 aromatic carbocycles. The molecule has 7 heteroatoms. The first-order chi connectivity index (χ1) is 12.0. The van der Waals surface area contributed by atoms with E-state index in [2.05, 4.69) is 5.10 Å². The van der Waals surface area contributed by atoms with Crippen molar-refractivity contribution < 1.29 is 4.79 Å². The first-order valence-corrected chi connectivity index (χ1v) is 9.06. The maximum absolute atomic E-state index is 12.0. The molecule has 1 atom stereocenters. The highest BCUT2D eigenvalue weighted by Crippen LogP contribution is 2.44. The average molecular weight is 375 g/mol. The standard InChI is InChI=1S/C18H19ClN4OS/c1-23-13(7-8-22-23)15-14(16(18(21)24)25-17(15)19)12(10-20)9-11-5-3-2-4-6-11/h2-8,12H,9-10,20H2,1H3,(H2,21,24)/t12-/m1/s1. The first-order valence-electron chi connectivity index (χ1n) is 7.87. The van der Waals surface area contributed by atoms with Gasteiger partial charge in [0.25, 0.3) is 5.91 Å². The Morgan fingerprint density at radius 1 is 1.32 bits per heavy atom. The van der Waals surface area contributed by atoms with Gasteiger partial charge >= 0.3 is 0 Å². The van der Waals surface area contributed by atoms with Gasteiger partial charge in [0, 0.05) is 24.7 Å². The van der Waals surface area contributed by atoms with Gasteiger partial charge in [-0.15, -0.1) is 11.3 Å². The highest BCUT2D eigenvalue weighted by Gasteiger charge is 2.28. The van der Waals surface area contributed by atoms with Crippen LogP contribution in [0.25, 0.3) is 11.3 Å². The van der Waals surface area contributed by atoms with Crippen LogP contribution >= 0.6 is 22.9 Å². The SMILES string of the molecule is Cn1nccc1-c1c(Cl)sc(C(N)=O)c1[C@@H](CN)Cc1ccccc1. The molecular formula is C18H19ClN4OS. The fraction of sp³-hybridized carbons (Fsp3) is 0.222. The summed E-state index contributed by atoms with van der Waals surface area (Å²) in [5, 5.41) is 4.21. The van der Waals surface area contributed by atoms with E-state index in [9.17, 15) is 4.79 Å². The van der Waals surface area contributed by atoms with Crippen LogP contribution in [0.4, 0.5) is 0 Å². The molecule has 25 heavy (non-hydrogen) atoms. The highest BCUT2D eigenvalue weighted by atomic mass is 35.5. The van der Waals surface area contributed by atoms with Gasteiger partial charge in [-0.05, 0) is 30.2 Å². The summed E-state index contributed by atoms with van der Waals surface area (Å²) in [6.07, 6.45) is 2.40. The fourth-order valence-electron chi connectivity index (χ4n) is 3.05. The van der Waals surface area contributed by atoms with Gasteiger partial charge in [-0.25, -0.2) is 0 Å². The molecule has 2 aromatic heterocycles. The zero-order valence-corrected chi connectivity index (χ0v) is 15.3. The second-order valence-corrected chi connectivity index (χ2v) is 7.44. The Kier molecular flexibility index (Phi) is 5.22. The van der Waals surface area contributed by atoms with Crippen LogP contribution in [0.15, 0.2) is 42.6 Å². The van der Waals surface area contributed by atoms with E-state index in [1.807, 2.05) is 43.4 Å². The molecule has 1 amide bonds. The maximum Gasteiger partial charge on any atom is 0.259 e. The van der Waals surface area contributed by atoms with Gasteiger partial charge in [0.1, 0.15) is 4.34 Å². The molecule has 0 unspecified atom stereocenters. The third-order valence-corrected chi connectivity index (χ3v) is 5.65. The van der Waals surface area contributed by atoms with Gasteiger partial charge < -0.3 is 11.5 Å². The molecule has 0 saturated heterocycles. The molecule has 130 valence electrons. The van der Waals surface area contributed by atoms with E-state index in [1.165, 1.54) is 11.3 Å². The zero-order chi connectivity index (χ0) is 18.0. The number of aryl methyl sites for hydroxylation is 1. The molecule has 5 nitrogen and oxygen atoms in total. The summed E-state index contributed by atoms with van der Waals surface area (Å²) in [7, 11) is 1.84. The van der Waals surface area contributed by atoms with Crippen LogP contribution in [0.5, 0.6) is 0 Å². The van der Waals surface area contributed by atoms with Crippen LogP contribution in [-0.2, 0) is 13.5 Å². The second-order valence-electron chi connectivity index (χ2n) is 5.82. The monoisotopic (exact) mass is 374 g/mol. The lowest BCUT2D eigenvalue weighted by Gasteiger charge is -2.18. The van der Waals surface area contributed by atoms with Gasteiger partial charge in [-0.2, -0.15) is 5.10 Å². The van der Waals surface area contributed by atoms with Crippen molar-refractivity contribution in [3.8, 4) is 11.3 Å². The number of amides is 1. The van der Waals surface area contributed by atoms with Crippen LogP contribution in [-0.4, -0.2) is 22.2 Å². The Morgan fingerprint density at radius 3 is 2.60 bits per heavy atom. The summed E-state index contributed by atoms with van der Waals surface area (Å²) in [6.45, 7) is 0.382. The van der Waals surface area contributed by atoms with E-state index in [0.717, 1.165) is 22.4 Å². The maximum atomic E-state index is 12.0. The lowest BCUT2D eigenvalue weighted by molar-refractivity contribution is 0.100. The Hall–Kier alpha value is -2.15. The number of thiophene rings is 1. The van der Waals surface area contributed by atoms with Crippen molar-refractivity contribution in [2.45, 2.75) is 12.3 Å². The minimum atomic E-state index is -0.484. The van der Waals surface area contributed by atoms with E-state index in [-0.39, 0.29) is 5.92 Å². The van der Waals surface area contributed by atoms with Crippen molar-refractivity contribution in [1.82, 2.24) is 9.78 Å². The predicted octanol–water partition coefficient (Wildman–Crippen LogP) is 3.19. The van der Waals surface area contributed by atoms with Gasteiger partial charge in [0.05, 0.1) is 10.6 Å². The van der Waals surface area contributed by atoms with Crippen molar-refractivity contribution in [1.29, 1.82) is 0 Å². The van der Waals surface area contributed by atoms with E-state index in [0.29, 0.717) is 22.2 Å². The molecule has 3 aromatic rings. The van der Waals surface area contributed by atoms with Crippen LogP contribution in [0.1, 0.15) is 26.7 Å². The number of nitrogens with zero attached hydrogens (tertiary/aromatic N) is 2. The largest absolute Gasteiger partial charge is 0.365 e. The summed E-state index contributed by atoms with van der Waals surface area (Å²) in [5.41, 5.74) is 15.3. The number of primary amides is 1. The van der Waals surface area contributed by atoms with Gasteiger partial charge in [-0.1, -0.05) is 41.9 Å². The van der Waals surface area contributed by atoms with E-state index >= 15 is 0 Å². The second kappa shape index (κ2) is 7.39. The van der Waals surface area contributed by atoms with E-state index in [1.54, 1.807) is 10.9 Å². The molecule has 0 saturated carbocycles. The summed E-state index contributed by atoms with van der Waals surface area (Å²) in [6, 6.07) is 11.9. The molecular weight excluding hydrogens is 356 g/mol. The Morgan fingerprint density at radius 2 is 2.04 bits per heavy atom. The first kappa shape index (κ1) is 17.7. The molecule has 3 rings (SSSR count). The van der Waals surface area contributed by atoms with Crippen LogP contribution in [0, 0.1) is 0 Å². The molecule has 0 aliphatic carbocycles. The molecule has 0 fully saturated rings. The Labute approximate surface area is 155 Å². The Balaban J connectivity index is 2.15. The summed E-state index contributed by atoms with van der Waals surface area (Å²) < 4.78 is 2.26. The molecule has 0 aliphatic heterocycles. The van der Waals surface area contributed by atoms with E-state index in [4.69, 9.17) is 23.1 Å². The van der Waals surface area contributed by atoms with Crippen LogP contribution < -0.4 is 11.5 Å². The van der Waals surface area contributed by atoms with Crippen molar-refractivity contribution in [3.05, 3.63) is 62.9 Å². The lowest BCUT2D eigenvalue weighted by atomic mass is 9.88. The number of aromatic nitrogens is 2. The highest BCUT2D eigenvalue weighted by molar-refractivity contribution is 7.18. The topological polar surface area (TPSA) is 86.9 Å². The zero-order valence-electron chi connectivity index (χ0n) is 13.8. The van der Waals surface area contributed by atoms with Gasteiger partial charge in [0.15, 0.2) is 0 Å². The summed E-state index contributed by atoms with van der Waals surface area (Å²) in [5.74, 6) is -0.555. The molecule has 0 bridgehead atoms. The number of nitrogens with two attached hydrogens (primary N) is 2. The van der Waals surface area contributed by atoms with Crippen molar-refractivity contribution >= 4 is 28.8 Å². The number of carbonyl (C=O) groups excluding carboxylic acids is 1. The van der Waals surface area contributed by atoms with Crippen molar-refractivity contribution in [2.24, 2.45) is 18.5 Å². The van der Waals surface area contributed by atoms with Gasteiger partial charge in [0.2, 0.25) is 0 Å². The van der Waals surface area contributed by atoms with Crippen molar-refractivity contribution in [2.75, 3.05) is 6.54 Å². The van der Waals surface area contributed by atoms with Crippen LogP contribution in [0.3, 0.4) is 0 Å². The number of carbonyl (C=O) groups is 1. The van der Waals surface area contributed by atoms with Crippen molar-refractivity contribution in [3.63, 3.8) is 0 Å². The predicted molar refractivity (Wildman–Crippen MR) is 102 cm³/mol. The fourth-order valence-corrected chi connectivity index (χ4v) is 4.45. The number of hydrogen-bond donors (Lipinski definition) is 2. The van der Waals surface area contributed by atoms with E-state index < -0.39 is 5.91 Å². The number of halogens is 1. The number of benzene rings is 1. The molecule has 2 heterocycles. The molecule has 4 N–H and O–H groups in total. The normalized spacial score (nSPS) is 12.3. The molecule has 0 aliphatic rings.